The normalized spacial score (nSPS) is 17.4. The molecule has 138 valence electrons. The first-order valence-corrected chi connectivity index (χ1v) is 8.90. The van der Waals surface area contributed by atoms with Gasteiger partial charge < -0.3 is 20.1 Å². The number of aliphatic carboxylic acids is 1. The van der Waals surface area contributed by atoms with Crippen molar-refractivity contribution in [2.45, 2.75) is 38.7 Å². The summed E-state index contributed by atoms with van der Waals surface area (Å²) in [6.07, 6.45) is 4.18. The monoisotopic (exact) mass is 348 g/mol. The Bertz CT molecular complexity index is 591. The molecule has 1 aliphatic rings. The lowest BCUT2D eigenvalue weighted by molar-refractivity contribution is -0.141. The van der Waals surface area contributed by atoms with Crippen molar-refractivity contribution >= 4 is 12.0 Å². The summed E-state index contributed by atoms with van der Waals surface area (Å²) in [5, 5.41) is 11.7. The number of benzene rings is 1. The van der Waals surface area contributed by atoms with E-state index in [1.807, 2.05) is 0 Å². The highest BCUT2D eigenvalue weighted by Gasteiger charge is 2.20. The molecule has 2 N–H and O–H groups in total. The van der Waals surface area contributed by atoms with Crippen LogP contribution in [0.3, 0.4) is 0 Å². The molecule has 6 heteroatoms. The van der Waals surface area contributed by atoms with Crippen molar-refractivity contribution in [1.82, 2.24) is 10.2 Å². The quantitative estimate of drug-likeness (QED) is 0.708. The maximum absolute atomic E-state index is 11.9. The fourth-order valence-electron chi connectivity index (χ4n) is 3.08. The molecule has 6 nitrogen and oxygen atoms in total. The summed E-state index contributed by atoms with van der Waals surface area (Å²) in [6, 6.07) is 8.17. The van der Waals surface area contributed by atoms with Gasteiger partial charge in [-0.25, -0.2) is 4.79 Å². The number of fused-ring (bicyclic) bond motifs is 1. The number of ether oxygens (including phenoxy) is 1. The Balaban J connectivity index is 1.65. The molecule has 2 rings (SSSR count). The zero-order valence-corrected chi connectivity index (χ0v) is 15.0. The van der Waals surface area contributed by atoms with Crippen molar-refractivity contribution in [1.29, 1.82) is 0 Å². The van der Waals surface area contributed by atoms with Gasteiger partial charge in [0.05, 0.1) is 12.0 Å². The van der Waals surface area contributed by atoms with Crippen LogP contribution in [0, 0.1) is 5.92 Å². The number of hydrogen-bond donors (Lipinski definition) is 2. The standard InChI is InChI=1S/C19H28N2O4/c1-14(18(22)23)13-21(2)19(24)20-11-6-12-25-17-10-5-8-15-7-3-4-9-16(15)17/h3-4,7,9,14,17H,5-6,8,10-13H2,1-2H3,(H,20,24)(H,22,23). The molecule has 0 fully saturated rings. The third-order valence-corrected chi connectivity index (χ3v) is 4.55. The van der Waals surface area contributed by atoms with Crippen LogP contribution in [0.4, 0.5) is 4.79 Å². The summed E-state index contributed by atoms with van der Waals surface area (Å²) < 4.78 is 6.01. The first-order chi connectivity index (χ1) is 12.0. The second kappa shape index (κ2) is 9.42. The molecule has 1 aromatic rings. The van der Waals surface area contributed by atoms with Gasteiger partial charge in [0.25, 0.3) is 0 Å². The number of nitrogens with zero attached hydrogens (tertiary/aromatic N) is 1. The first kappa shape index (κ1) is 19.2. The van der Waals surface area contributed by atoms with E-state index < -0.39 is 11.9 Å². The summed E-state index contributed by atoms with van der Waals surface area (Å²) in [4.78, 5) is 24.1. The Morgan fingerprint density at radius 1 is 1.40 bits per heavy atom. The highest BCUT2D eigenvalue weighted by molar-refractivity contribution is 5.75. The minimum absolute atomic E-state index is 0.153. The summed E-state index contributed by atoms with van der Waals surface area (Å²) in [7, 11) is 1.60. The van der Waals surface area contributed by atoms with Crippen LogP contribution in [0.5, 0.6) is 0 Å². The average molecular weight is 348 g/mol. The van der Waals surface area contributed by atoms with Crippen LogP contribution in [0.2, 0.25) is 0 Å². The van der Waals surface area contributed by atoms with Gasteiger partial charge in [0.2, 0.25) is 0 Å². The largest absolute Gasteiger partial charge is 0.481 e. The van der Waals surface area contributed by atoms with Crippen LogP contribution >= 0.6 is 0 Å². The van der Waals surface area contributed by atoms with Gasteiger partial charge in [-0.15, -0.1) is 0 Å². The molecule has 0 aromatic heterocycles. The fourth-order valence-corrected chi connectivity index (χ4v) is 3.08. The molecule has 2 amide bonds. The Kier molecular flexibility index (Phi) is 7.25. The second-order valence-corrected chi connectivity index (χ2v) is 6.66. The molecule has 0 saturated carbocycles. The maximum atomic E-state index is 11.9. The van der Waals surface area contributed by atoms with Crippen molar-refractivity contribution in [2.24, 2.45) is 5.92 Å². The fraction of sp³-hybridized carbons (Fsp3) is 0.579. The Morgan fingerprint density at radius 3 is 2.92 bits per heavy atom. The third kappa shape index (κ3) is 5.74. The van der Waals surface area contributed by atoms with Crippen LogP contribution in [-0.4, -0.2) is 48.8 Å². The Labute approximate surface area is 149 Å². The minimum atomic E-state index is -0.902. The number of amides is 2. The topological polar surface area (TPSA) is 78.9 Å². The predicted molar refractivity (Wildman–Crippen MR) is 95.5 cm³/mol. The molecule has 1 aromatic carbocycles. The summed E-state index contributed by atoms with van der Waals surface area (Å²) in [6.45, 7) is 2.88. The van der Waals surface area contributed by atoms with E-state index in [-0.39, 0.29) is 18.7 Å². The van der Waals surface area contributed by atoms with E-state index >= 15 is 0 Å². The van der Waals surface area contributed by atoms with Gasteiger partial charge in [0.1, 0.15) is 0 Å². The smallest absolute Gasteiger partial charge is 0.317 e. The molecule has 0 bridgehead atoms. The second-order valence-electron chi connectivity index (χ2n) is 6.66. The van der Waals surface area contributed by atoms with Gasteiger partial charge >= 0.3 is 12.0 Å². The van der Waals surface area contributed by atoms with E-state index in [4.69, 9.17) is 9.84 Å². The van der Waals surface area contributed by atoms with Gasteiger partial charge in [-0.1, -0.05) is 31.2 Å². The SMILES string of the molecule is CC(CN(C)C(=O)NCCCOC1CCCc2ccccc21)C(=O)O. The van der Waals surface area contributed by atoms with E-state index in [0.29, 0.717) is 13.2 Å². The Morgan fingerprint density at radius 2 is 2.16 bits per heavy atom. The van der Waals surface area contributed by atoms with E-state index in [1.165, 1.54) is 16.0 Å². The van der Waals surface area contributed by atoms with Crippen molar-refractivity contribution in [2.75, 3.05) is 26.7 Å². The van der Waals surface area contributed by atoms with Crippen LogP contribution in [0.1, 0.15) is 43.4 Å². The lowest BCUT2D eigenvalue weighted by atomic mass is 9.89. The highest BCUT2D eigenvalue weighted by atomic mass is 16.5. The number of carbonyl (C=O) groups is 2. The zero-order chi connectivity index (χ0) is 18.2. The number of carboxylic acid groups (broad SMARTS) is 1. The van der Waals surface area contributed by atoms with Crippen molar-refractivity contribution in [3.63, 3.8) is 0 Å². The number of carboxylic acids is 1. The third-order valence-electron chi connectivity index (χ3n) is 4.55. The van der Waals surface area contributed by atoms with Gasteiger partial charge in [0.15, 0.2) is 0 Å². The molecule has 2 atom stereocenters. The molecule has 0 saturated heterocycles. The lowest BCUT2D eigenvalue weighted by Gasteiger charge is -2.25. The van der Waals surface area contributed by atoms with Crippen molar-refractivity contribution in [3.05, 3.63) is 35.4 Å². The first-order valence-electron chi connectivity index (χ1n) is 8.90. The van der Waals surface area contributed by atoms with Crippen molar-refractivity contribution < 1.29 is 19.4 Å². The number of hydrogen-bond acceptors (Lipinski definition) is 3. The average Bonchev–Trinajstić information content (AvgIpc) is 2.61. The molecule has 2 unspecified atom stereocenters. The highest BCUT2D eigenvalue weighted by Crippen LogP contribution is 2.32. The molecule has 1 aliphatic carbocycles. The number of aryl methyl sites for hydroxylation is 1. The summed E-state index contributed by atoms with van der Waals surface area (Å²) >= 11 is 0. The maximum Gasteiger partial charge on any atom is 0.317 e. The predicted octanol–water partition coefficient (Wildman–Crippen LogP) is 2.83. The zero-order valence-electron chi connectivity index (χ0n) is 15.0. The van der Waals surface area contributed by atoms with Crippen LogP contribution in [0.25, 0.3) is 0 Å². The molecular weight excluding hydrogens is 320 g/mol. The molecular formula is C19H28N2O4. The molecule has 0 heterocycles. The number of rotatable bonds is 8. The molecule has 0 aliphatic heterocycles. The lowest BCUT2D eigenvalue weighted by Crippen LogP contribution is -2.41. The number of carbonyl (C=O) groups excluding carboxylic acids is 1. The minimum Gasteiger partial charge on any atom is -0.481 e. The van der Waals surface area contributed by atoms with E-state index in [1.54, 1.807) is 14.0 Å². The van der Waals surface area contributed by atoms with Crippen LogP contribution < -0.4 is 5.32 Å². The van der Waals surface area contributed by atoms with E-state index in [0.717, 1.165) is 25.7 Å². The summed E-state index contributed by atoms with van der Waals surface area (Å²) in [5.74, 6) is -1.48. The van der Waals surface area contributed by atoms with E-state index in [2.05, 4.69) is 29.6 Å². The molecule has 0 radical (unpaired) electrons. The van der Waals surface area contributed by atoms with Crippen LogP contribution in [0.15, 0.2) is 24.3 Å². The van der Waals surface area contributed by atoms with Gasteiger partial charge in [-0.05, 0) is 36.8 Å². The molecule has 0 spiro atoms. The van der Waals surface area contributed by atoms with E-state index in [9.17, 15) is 9.59 Å². The number of urea groups is 1. The number of nitrogens with one attached hydrogen (secondary N) is 1. The summed E-state index contributed by atoms with van der Waals surface area (Å²) in [5.41, 5.74) is 2.67. The molecule has 25 heavy (non-hydrogen) atoms. The van der Waals surface area contributed by atoms with Gasteiger partial charge in [-0.3, -0.25) is 4.79 Å². The van der Waals surface area contributed by atoms with Gasteiger partial charge in [-0.2, -0.15) is 0 Å². The van der Waals surface area contributed by atoms with Crippen molar-refractivity contribution in [3.8, 4) is 0 Å². The van der Waals surface area contributed by atoms with Crippen LogP contribution in [-0.2, 0) is 16.0 Å². The van der Waals surface area contributed by atoms with Gasteiger partial charge in [0, 0.05) is 26.7 Å². The Hall–Kier alpha value is -2.08.